The first-order valence-electron chi connectivity index (χ1n) is 2.96. The first kappa shape index (κ1) is 6.95. The van der Waals surface area contributed by atoms with Gasteiger partial charge in [-0.15, -0.1) is 0 Å². The molecule has 0 aromatic heterocycles. The molecule has 1 heterocycles. The number of hydrogen-bond acceptors (Lipinski definition) is 4. The minimum Gasteiger partial charge on any atom is -0.389 e. The van der Waals surface area contributed by atoms with Crippen LogP contribution in [0.4, 0.5) is 0 Å². The number of β-amino-alcohol motifs (C(OH)–C–C–N with tert-alkyl or cyclic N) is 2. The third kappa shape index (κ3) is 1.40. The van der Waals surface area contributed by atoms with Crippen LogP contribution in [-0.4, -0.2) is 46.7 Å². The van der Waals surface area contributed by atoms with Crippen molar-refractivity contribution in [2.75, 3.05) is 13.1 Å². The Kier molecular flexibility index (Phi) is 2.02. The molecule has 0 aromatic carbocycles. The van der Waals surface area contributed by atoms with E-state index >= 15 is 0 Å². The topological polar surface area (TPSA) is 72.7 Å². The normalized spacial score (nSPS) is 45.0. The van der Waals surface area contributed by atoms with Crippen LogP contribution in [0.5, 0.6) is 0 Å². The summed E-state index contributed by atoms with van der Waals surface area (Å²) in [5.41, 5.74) is 0. The molecule has 1 aliphatic heterocycles. The second kappa shape index (κ2) is 2.62. The highest BCUT2D eigenvalue weighted by atomic mass is 16.4. The Bertz CT molecular complexity index is 88.2. The predicted octanol–water partition coefficient (Wildman–Crippen LogP) is -2.33. The number of piperidine rings is 1. The van der Waals surface area contributed by atoms with E-state index in [1.165, 1.54) is 0 Å². The van der Waals surface area contributed by atoms with Gasteiger partial charge in [-0.1, -0.05) is 0 Å². The molecule has 0 amide bonds. The zero-order valence-corrected chi connectivity index (χ0v) is 4.99. The lowest BCUT2D eigenvalue weighted by molar-refractivity contribution is -0.0750. The third-order valence-electron chi connectivity index (χ3n) is 1.50. The fourth-order valence-corrected chi connectivity index (χ4v) is 0.877. The maximum atomic E-state index is 8.91. The van der Waals surface area contributed by atoms with Crippen molar-refractivity contribution in [2.24, 2.45) is 0 Å². The summed E-state index contributed by atoms with van der Waals surface area (Å²) in [7, 11) is 0. The SMILES string of the molecule is O[C@@H]1[C@H](O)CNC[C@@H]1O. The van der Waals surface area contributed by atoms with Crippen LogP contribution in [0.2, 0.25) is 0 Å². The maximum absolute atomic E-state index is 8.91. The number of rotatable bonds is 0. The molecule has 0 radical (unpaired) electrons. The molecular weight excluding hydrogens is 122 g/mol. The Morgan fingerprint density at radius 3 is 1.78 bits per heavy atom. The molecule has 0 spiro atoms. The van der Waals surface area contributed by atoms with Gasteiger partial charge in [-0.25, -0.2) is 0 Å². The van der Waals surface area contributed by atoms with Crippen molar-refractivity contribution in [1.82, 2.24) is 5.32 Å². The monoisotopic (exact) mass is 133 g/mol. The molecule has 4 N–H and O–H groups in total. The zero-order valence-electron chi connectivity index (χ0n) is 4.99. The quantitative estimate of drug-likeness (QED) is 0.299. The van der Waals surface area contributed by atoms with Crippen LogP contribution in [0.15, 0.2) is 0 Å². The van der Waals surface area contributed by atoms with Gasteiger partial charge < -0.3 is 20.6 Å². The van der Waals surface area contributed by atoms with Gasteiger partial charge in [-0.05, 0) is 0 Å². The minimum atomic E-state index is -0.980. The van der Waals surface area contributed by atoms with Crippen molar-refractivity contribution in [1.29, 1.82) is 0 Å². The standard InChI is InChI=1S/C5H11NO3/c7-3-1-6-2-4(8)5(3)9/h3-9H,1-2H2/t3-,4+,5-. The maximum Gasteiger partial charge on any atom is 0.108 e. The second-order valence-corrected chi connectivity index (χ2v) is 2.28. The van der Waals surface area contributed by atoms with E-state index in [1.807, 2.05) is 0 Å². The number of nitrogens with one attached hydrogen (secondary N) is 1. The van der Waals surface area contributed by atoms with Gasteiger partial charge in [0.25, 0.3) is 0 Å². The summed E-state index contributed by atoms with van der Waals surface area (Å²) in [5.74, 6) is 0. The fraction of sp³-hybridized carbons (Fsp3) is 1.00. The van der Waals surface area contributed by atoms with Gasteiger partial charge in [-0.3, -0.25) is 0 Å². The lowest BCUT2D eigenvalue weighted by Gasteiger charge is -2.28. The molecule has 0 bridgehead atoms. The van der Waals surface area contributed by atoms with Crippen LogP contribution in [0.25, 0.3) is 0 Å². The van der Waals surface area contributed by atoms with Crippen LogP contribution in [0.1, 0.15) is 0 Å². The second-order valence-electron chi connectivity index (χ2n) is 2.28. The van der Waals surface area contributed by atoms with E-state index in [0.29, 0.717) is 13.1 Å². The first-order valence-corrected chi connectivity index (χ1v) is 2.96. The molecule has 4 nitrogen and oxygen atoms in total. The van der Waals surface area contributed by atoms with Gasteiger partial charge >= 0.3 is 0 Å². The molecule has 0 saturated carbocycles. The smallest absolute Gasteiger partial charge is 0.108 e. The number of aliphatic hydroxyl groups is 3. The van der Waals surface area contributed by atoms with Crippen LogP contribution in [-0.2, 0) is 0 Å². The number of aliphatic hydroxyl groups excluding tert-OH is 3. The van der Waals surface area contributed by atoms with Crippen molar-refractivity contribution < 1.29 is 15.3 Å². The van der Waals surface area contributed by atoms with Gasteiger partial charge in [0.05, 0.1) is 12.2 Å². The molecule has 1 fully saturated rings. The van der Waals surface area contributed by atoms with Crippen molar-refractivity contribution >= 4 is 0 Å². The summed E-state index contributed by atoms with van der Waals surface area (Å²) >= 11 is 0. The Hall–Kier alpha value is -0.160. The van der Waals surface area contributed by atoms with Crippen molar-refractivity contribution in [3.05, 3.63) is 0 Å². The van der Waals surface area contributed by atoms with E-state index in [4.69, 9.17) is 15.3 Å². The van der Waals surface area contributed by atoms with E-state index in [1.54, 1.807) is 0 Å². The van der Waals surface area contributed by atoms with Gasteiger partial charge in [0, 0.05) is 13.1 Å². The Balaban J connectivity index is 2.41. The van der Waals surface area contributed by atoms with Crippen molar-refractivity contribution in [3.8, 4) is 0 Å². The Morgan fingerprint density at radius 1 is 1.00 bits per heavy atom. The molecule has 0 aromatic rings. The van der Waals surface area contributed by atoms with Crippen LogP contribution < -0.4 is 5.32 Å². The highest BCUT2D eigenvalue weighted by Gasteiger charge is 2.27. The molecular formula is C5H11NO3. The minimum absolute atomic E-state index is 0.359. The van der Waals surface area contributed by atoms with E-state index in [-0.39, 0.29) is 0 Å². The van der Waals surface area contributed by atoms with E-state index < -0.39 is 18.3 Å². The van der Waals surface area contributed by atoms with Crippen molar-refractivity contribution in [3.63, 3.8) is 0 Å². The largest absolute Gasteiger partial charge is 0.389 e. The average Bonchev–Trinajstić information content (AvgIpc) is 1.83. The average molecular weight is 133 g/mol. The molecule has 3 atom stereocenters. The van der Waals surface area contributed by atoms with Gasteiger partial charge in [0.15, 0.2) is 0 Å². The Morgan fingerprint density at radius 2 is 1.44 bits per heavy atom. The summed E-state index contributed by atoms with van der Waals surface area (Å²) in [6.07, 6.45) is -2.63. The summed E-state index contributed by atoms with van der Waals surface area (Å²) in [5, 5.41) is 29.4. The lowest BCUT2D eigenvalue weighted by atomic mass is 10.0. The molecule has 54 valence electrons. The zero-order chi connectivity index (χ0) is 6.85. The summed E-state index contributed by atoms with van der Waals surface area (Å²) in [6, 6.07) is 0. The molecule has 1 saturated heterocycles. The molecule has 1 rings (SSSR count). The molecule has 0 aliphatic carbocycles. The van der Waals surface area contributed by atoms with Crippen LogP contribution in [0, 0.1) is 0 Å². The van der Waals surface area contributed by atoms with Gasteiger partial charge in [-0.2, -0.15) is 0 Å². The van der Waals surface area contributed by atoms with Crippen LogP contribution in [0.3, 0.4) is 0 Å². The van der Waals surface area contributed by atoms with Gasteiger partial charge in [0.2, 0.25) is 0 Å². The summed E-state index contributed by atoms with van der Waals surface area (Å²) < 4.78 is 0. The first-order chi connectivity index (χ1) is 4.22. The third-order valence-corrected chi connectivity index (χ3v) is 1.50. The molecule has 0 unspecified atom stereocenters. The molecule has 9 heavy (non-hydrogen) atoms. The fourth-order valence-electron chi connectivity index (χ4n) is 0.877. The molecule has 4 heteroatoms. The van der Waals surface area contributed by atoms with E-state index in [0.717, 1.165) is 0 Å². The van der Waals surface area contributed by atoms with Crippen LogP contribution >= 0.6 is 0 Å². The summed E-state index contributed by atoms with van der Waals surface area (Å²) in [4.78, 5) is 0. The summed E-state index contributed by atoms with van der Waals surface area (Å²) in [6.45, 7) is 0.719. The molecule has 1 aliphatic rings. The Labute approximate surface area is 53.1 Å². The highest BCUT2D eigenvalue weighted by molar-refractivity contribution is 4.83. The van der Waals surface area contributed by atoms with Gasteiger partial charge in [0.1, 0.15) is 6.10 Å². The number of hydrogen-bond donors (Lipinski definition) is 4. The highest BCUT2D eigenvalue weighted by Crippen LogP contribution is 2.02. The van der Waals surface area contributed by atoms with E-state index in [9.17, 15) is 0 Å². The lowest BCUT2D eigenvalue weighted by Crippen LogP contribution is -2.53. The van der Waals surface area contributed by atoms with Crippen molar-refractivity contribution in [2.45, 2.75) is 18.3 Å². The predicted molar refractivity (Wildman–Crippen MR) is 30.9 cm³/mol. The van der Waals surface area contributed by atoms with E-state index in [2.05, 4.69) is 5.32 Å².